The summed E-state index contributed by atoms with van der Waals surface area (Å²) in [7, 11) is 0. The fraction of sp³-hybridized carbons (Fsp3) is 0.462. The van der Waals surface area contributed by atoms with Gasteiger partial charge in [0.15, 0.2) is 0 Å². The lowest BCUT2D eigenvalue weighted by molar-refractivity contribution is -0.138. The van der Waals surface area contributed by atoms with E-state index in [1.165, 1.54) is 5.56 Å². The number of nitrogens with zero attached hydrogens (tertiary/aromatic N) is 2. The topological polar surface area (TPSA) is 52.7 Å². The number of piperidine rings is 1. The van der Waals surface area contributed by atoms with E-state index in [1.807, 2.05) is 42.2 Å². The van der Waals surface area contributed by atoms with Gasteiger partial charge in [0.1, 0.15) is 0 Å². The Morgan fingerprint density at radius 2 is 1.65 bits per heavy atom. The van der Waals surface area contributed by atoms with E-state index in [-0.39, 0.29) is 23.8 Å². The zero-order valence-electron chi connectivity index (χ0n) is 18.2. The fourth-order valence-electron chi connectivity index (χ4n) is 5.77. The fourth-order valence-corrected chi connectivity index (χ4v) is 5.77. The van der Waals surface area contributed by atoms with Crippen LogP contribution in [0.4, 0.5) is 0 Å². The Balaban J connectivity index is 1.28. The van der Waals surface area contributed by atoms with Crippen molar-refractivity contribution in [2.45, 2.75) is 25.8 Å². The van der Waals surface area contributed by atoms with Crippen LogP contribution >= 0.6 is 0 Å². The smallest absolute Gasteiger partial charge is 0.254 e. The molecule has 3 aliphatic heterocycles. The number of nitrogens with one attached hydrogen (secondary N) is 1. The number of benzene rings is 2. The predicted molar refractivity (Wildman–Crippen MR) is 121 cm³/mol. The van der Waals surface area contributed by atoms with Crippen LogP contribution in [0.2, 0.25) is 0 Å². The molecule has 3 heterocycles. The van der Waals surface area contributed by atoms with Crippen molar-refractivity contribution in [2.75, 3.05) is 32.7 Å². The molecule has 0 spiro atoms. The normalized spacial score (nSPS) is 26.2. The molecule has 3 atom stereocenters. The predicted octanol–water partition coefficient (Wildman–Crippen LogP) is 3.27. The molecule has 0 saturated carbocycles. The van der Waals surface area contributed by atoms with E-state index in [2.05, 4.69) is 34.5 Å². The summed E-state index contributed by atoms with van der Waals surface area (Å²) in [5, 5.41) is 3.52. The molecule has 2 amide bonds. The molecule has 5 nitrogen and oxygen atoms in total. The number of hydrogen-bond donors (Lipinski definition) is 1. The van der Waals surface area contributed by atoms with Crippen LogP contribution in [0.3, 0.4) is 0 Å². The Kier molecular flexibility index (Phi) is 5.53. The molecule has 2 aromatic rings. The number of rotatable bonds is 3. The van der Waals surface area contributed by atoms with Crippen molar-refractivity contribution < 1.29 is 9.59 Å². The summed E-state index contributed by atoms with van der Waals surface area (Å²) in [6.45, 7) is 6.12. The van der Waals surface area contributed by atoms with Crippen LogP contribution in [0.1, 0.15) is 40.4 Å². The lowest BCUT2D eigenvalue weighted by atomic mass is 9.89. The van der Waals surface area contributed by atoms with Gasteiger partial charge in [0, 0.05) is 50.1 Å². The summed E-state index contributed by atoms with van der Waals surface area (Å²) >= 11 is 0. The highest BCUT2D eigenvalue weighted by Crippen LogP contribution is 2.43. The van der Waals surface area contributed by atoms with E-state index in [0.717, 1.165) is 43.6 Å². The number of carbonyl (C=O) groups is 2. The minimum Gasteiger partial charge on any atom is -0.339 e. The van der Waals surface area contributed by atoms with E-state index >= 15 is 0 Å². The van der Waals surface area contributed by atoms with E-state index in [1.54, 1.807) is 0 Å². The van der Waals surface area contributed by atoms with Gasteiger partial charge in [-0.15, -0.1) is 0 Å². The molecule has 5 heteroatoms. The van der Waals surface area contributed by atoms with Crippen molar-refractivity contribution >= 4 is 11.8 Å². The molecule has 0 aromatic heterocycles. The molecular formula is C26H31N3O2. The minimum atomic E-state index is 0.0129. The quantitative estimate of drug-likeness (QED) is 0.834. The second-order valence-corrected chi connectivity index (χ2v) is 9.31. The summed E-state index contributed by atoms with van der Waals surface area (Å²) in [6.07, 6.45) is 1.50. The van der Waals surface area contributed by atoms with Crippen molar-refractivity contribution in [3.8, 4) is 0 Å². The van der Waals surface area contributed by atoms with Crippen LogP contribution < -0.4 is 5.32 Å². The van der Waals surface area contributed by atoms with E-state index < -0.39 is 0 Å². The first kappa shape index (κ1) is 20.3. The number of aryl methyl sites for hydroxylation is 1. The van der Waals surface area contributed by atoms with Crippen LogP contribution in [0, 0.1) is 24.7 Å². The maximum Gasteiger partial charge on any atom is 0.254 e. The van der Waals surface area contributed by atoms with Crippen molar-refractivity contribution in [2.24, 2.45) is 17.8 Å². The largest absolute Gasteiger partial charge is 0.339 e. The number of likely N-dealkylation sites (tertiary alicyclic amines) is 2. The highest BCUT2D eigenvalue weighted by atomic mass is 16.2. The summed E-state index contributed by atoms with van der Waals surface area (Å²) in [5.41, 5.74) is 3.03. The van der Waals surface area contributed by atoms with Gasteiger partial charge in [-0.3, -0.25) is 9.59 Å². The molecule has 162 valence electrons. The highest BCUT2D eigenvalue weighted by molar-refractivity contribution is 5.95. The molecule has 0 unspecified atom stereocenters. The molecule has 0 radical (unpaired) electrons. The molecule has 0 aliphatic carbocycles. The summed E-state index contributed by atoms with van der Waals surface area (Å²) in [6, 6.07) is 18.4. The molecule has 3 saturated heterocycles. The lowest BCUT2D eigenvalue weighted by Gasteiger charge is -2.36. The van der Waals surface area contributed by atoms with Gasteiger partial charge in [0.2, 0.25) is 5.91 Å². The first-order chi connectivity index (χ1) is 15.1. The number of fused-ring (bicyclic) bond motifs is 1. The Morgan fingerprint density at radius 3 is 2.39 bits per heavy atom. The molecule has 3 fully saturated rings. The number of carbonyl (C=O) groups excluding carboxylic acids is 2. The van der Waals surface area contributed by atoms with Gasteiger partial charge in [-0.05, 0) is 42.9 Å². The van der Waals surface area contributed by atoms with Crippen LogP contribution in [0.5, 0.6) is 0 Å². The van der Waals surface area contributed by atoms with Gasteiger partial charge in [0.25, 0.3) is 5.91 Å². The number of hydrogen-bond acceptors (Lipinski definition) is 3. The molecule has 31 heavy (non-hydrogen) atoms. The third-order valence-electron chi connectivity index (χ3n) is 7.50. The van der Waals surface area contributed by atoms with Gasteiger partial charge in [-0.2, -0.15) is 0 Å². The number of amides is 2. The lowest BCUT2D eigenvalue weighted by Crippen LogP contribution is -2.45. The minimum absolute atomic E-state index is 0.0129. The van der Waals surface area contributed by atoms with Gasteiger partial charge >= 0.3 is 0 Å². The zero-order chi connectivity index (χ0) is 21.4. The van der Waals surface area contributed by atoms with E-state index in [4.69, 9.17) is 0 Å². The third-order valence-corrected chi connectivity index (χ3v) is 7.50. The summed E-state index contributed by atoms with van der Waals surface area (Å²) in [4.78, 5) is 30.6. The van der Waals surface area contributed by atoms with Crippen LogP contribution in [0.15, 0.2) is 54.6 Å². The van der Waals surface area contributed by atoms with Gasteiger partial charge < -0.3 is 15.1 Å². The second-order valence-electron chi connectivity index (χ2n) is 9.31. The standard InChI is InChI=1S/C26H31N3O2/c1-18-7-5-6-10-22(18)26(31)28-13-11-20(12-14-28)25(30)29-17-21-15-27-16-23(21)24(29)19-8-3-2-4-9-19/h2-10,20-21,23-24,27H,11-17H2,1H3/t21-,23-,24-/m0/s1. The molecule has 3 aliphatic rings. The molecule has 5 rings (SSSR count). The van der Waals surface area contributed by atoms with Gasteiger partial charge in [0.05, 0.1) is 6.04 Å². The first-order valence-electron chi connectivity index (χ1n) is 11.5. The Labute approximate surface area is 184 Å². The molecular weight excluding hydrogens is 386 g/mol. The zero-order valence-corrected chi connectivity index (χ0v) is 18.2. The van der Waals surface area contributed by atoms with E-state index in [9.17, 15) is 9.59 Å². The van der Waals surface area contributed by atoms with Crippen molar-refractivity contribution in [1.29, 1.82) is 0 Å². The molecule has 0 bridgehead atoms. The average Bonchev–Trinajstić information content (AvgIpc) is 3.40. The maximum atomic E-state index is 13.6. The Morgan fingerprint density at radius 1 is 0.935 bits per heavy atom. The summed E-state index contributed by atoms with van der Waals surface area (Å²) in [5.74, 6) is 1.42. The van der Waals surface area contributed by atoms with Crippen LogP contribution in [-0.4, -0.2) is 54.3 Å². The maximum absolute atomic E-state index is 13.6. The van der Waals surface area contributed by atoms with E-state index in [0.29, 0.717) is 24.9 Å². The van der Waals surface area contributed by atoms with Crippen LogP contribution in [0.25, 0.3) is 0 Å². The van der Waals surface area contributed by atoms with Crippen molar-refractivity contribution in [3.63, 3.8) is 0 Å². The third kappa shape index (κ3) is 3.76. The van der Waals surface area contributed by atoms with Crippen molar-refractivity contribution in [3.05, 3.63) is 71.3 Å². The highest BCUT2D eigenvalue weighted by Gasteiger charge is 2.48. The van der Waals surface area contributed by atoms with Gasteiger partial charge in [-0.25, -0.2) is 0 Å². The SMILES string of the molecule is Cc1ccccc1C(=O)N1CCC(C(=O)N2C[C@@H]3CNC[C@@H]3[C@@H]2c2ccccc2)CC1. The monoisotopic (exact) mass is 417 g/mol. The van der Waals surface area contributed by atoms with Crippen molar-refractivity contribution in [1.82, 2.24) is 15.1 Å². The Hall–Kier alpha value is -2.66. The summed E-state index contributed by atoms with van der Waals surface area (Å²) < 4.78 is 0. The van der Waals surface area contributed by atoms with Gasteiger partial charge in [-0.1, -0.05) is 48.5 Å². The van der Waals surface area contributed by atoms with Crippen LogP contribution in [-0.2, 0) is 4.79 Å². The second kappa shape index (κ2) is 8.46. The molecule has 2 aromatic carbocycles. The first-order valence-corrected chi connectivity index (χ1v) is 11.5. The Bertz CT molecular complexity index is 952. The average molecular weight is 418 g/mol. The molecule has 1 N–H and O–H groups in total.